The van der Waals surface area contributed by atoms with Gasteiger partial charge < -0.3 is 98.1 Å². The SMILES string of the molecule is CCOCC(=O)O[C@@H](CC)CC[C@@H]1[C@H]2Cc3cccc(OCC(=O)O)c3C[C@H]2C[C@H]1O.CC[C@@H](CC[C@@H]1[C@H]2Cc3cccc(OCC(=O)O)c3C[C@H]2C[C@H]1O)OC(=O)CCOC.CC[C@@H](CC[C@@H]1[C@H]2Cc3cccc(OCC(=O)O)c3C[C@H]2C[C@H]1O)OC(=O)CO.CC[C@@H](CC[C@@H]1[C@H]2Cc3cccc(OCC(=O)O)c3C[C@H]2C[C@H]1O)OC(=O)COC. The summed E-state index contributed by atoms with van der Waals surface area (Å²) < 4.78 is 58.7. The van der Waals surface area contributed by atoms with Crippen molar-refractivity contribution in [2.24, 2.45) is 71.0 Å². The lowest BCUT2D eigenvalue weighted by Gasteiger charge is -2.32. The molecule has 0 radical (unpaired) electrons. The van der Waals surface area contributed by atoms with Gasteiger partial charge in [0, 0.05) is 20.8 Å². The van der Waals surface area contributed by atoms with Crippen LogP contribution in [0.5, 0.6) is 23.0 Å². The standard InChI is InChI=1S/2C24H34O7.C23H32O7.C22H30O7/c1-3-17(31-24(28)9-10-29-2)7-8-18-19-11-15-5-4-6-22(30-14-23(26)27)20(15)12-16(19)13-21(18)25;1-3-17(31-24(28)14-29-4-2)8-9-18-19-10-15-6-5-7-22(30-13-23(26)27)20(15)11-16(19)12-21(18)25;1-3-16(30-23(27)13-28-2)7-8-17-18-9-14-5-4-6-21(29-12-22(25)26)19(14)10-15(18)11-20(17)24;1-2-15(29-22(27)11-23)6-7-16-17-8-13-4-3-5-20(28-12-21(25)26)18(13)9-14(17)10-19(16)24/h4-6,16-19,21,25H,3,7-14H2,1-2H3,(H,26,27);5-7,16-19,21,25H,3-4,8-14H2,1-2H3,(H,26,27);4-6,15-18,20,24H,3,7-13H2,1-2H3,(H,25,26);3-5,14-17,19,23-24H,2,6-12H2,1H3,(H,25,26)/t2*16-,17-,18+,19-,21+;15-,16-,17+,18-,20+;14-,15-,16+,17-,19+/m0000/s1. The molecule has 0 heterocycles. The van der Waals surface area contributed by atoms with Crippen LogP contribution in [0.15, 0.2) is 72.8 Å². The highest BCUT2D eigenvalue weighted by molar-refractivity contribution is 5.72. The van der Waals surface area contributed by atoms with Gasteiger partial charge in [0.05, 0.1) is 37.4 Å². The lowest BCUT2D eigenvalue weighted by molar-refractivity contribution is -0.155. The molecule has 8 aliphatic rings. The molecule has 4 aromatic carbocycles. The van der Waals surface area contributed by atoms with E-state index in [0.29, 0.717) is 96.4 Å². The molecular formula is C93H130O28. The Bertz CT molecular complexity index is 3880. The summed E-state index contributed by atoms with van der Waals surface area (Å²) in [7, 11) is 3.03. The van der Waals surface area contributed by atoms with Crippen molar-refractivity contribution in [2.75, 3.05) is 73.7 Å². The Labute approximate surface area is 709 Å². The molecule has 0 aliphatic heterocycles. The highest BCUT2D eigenvalue weighted by Crippen LogP contribution is 2.53. The largest absolute Gasteiger partial charge is 0.482 e. The van der Waals surface area contributed by atoms with E-state index >= 15 is 0 Å². The van der Waals surface area contributed by atoms with Crippen LogP contribution in [0.25, 0.3) is 0 Å². The van der Waals surface area contributed by atoms with Crippen LogP contribution in [0.3, 0.4) is 0 Å². The number of fused-ring (bicyclic) bond motifs is 8. The Balaban J connectivity index is 0.000000183. The van der Waals surface area contributed by atoms with Crippen LogP contribution >= 0.6 is 0 Å². The number of carboxylic acid groups (broad SMARTS) is 4. The average Bonchev–Trinajstić information content (AvgIpc) is 1.66. The third-order valence-electron chi connectivity index (χ3n) is 26.4. The molecule has 670 valence electrons. The molecule has 0 saturated heterocycles. The van der Waals surface area contributed by atoms with Crippen LogP contribution in [-0.2, 0) is 123 Å². The lowest BCUT2D eigenvalue weighted by atomic mass is 9.73. The Kier molecular flexibility index (Phi) is 38.2. The maximum absolute atomic E-state index is 11.9. The van der Waals surface area contributed by atoms with Crippen molar-refractivity contribution >= 4 is 47.8 Å². The van der Waals surface area contributed by atoms with Crippen molar-refractivity contribution in [1.82, 2.24) is 0 Å². The van der Waals surface area contributed by atoms with Gasteiger partial charge in [-0.3, -0.25) is 4.79 Å². The first-order chi connectivity index (χ1) is 58.2. The number of ether oxygens (including phenoxy) is 11. The Hall–Kier alpha value is -8.48. The molecule has 28 nitrogen and oxygen atoms in total. The van der Waals surface area contributed by atoms with Gasteiger partial charge in [0.1, 0.15) is 67.2 Å². The zero-order valence-electron chi connectivity index (χ0n) is 71.3. The van der Waals surface area contributed by atoms with E-state index in [1.807, 2.05) is 83.1 Å². The number of carbonyl (C=O) groups excluding carboxylic acids is 4. The number of esters is 4. The summed E-state index contributed by atoms with van der Waals surface area (Å²) >= 11 is 0. The summed E-state index contributed by atoms with van der Waals surface area (Å²) in [5, 5.41) is 87.6. The predicted molar refractivity (Wildman–Crippen MR) is 442 cm³/mol. The van der Waals surface area contributed by atoms with Gasteiger partial charge in [-0.25, -0.2) is 33.6 Å². The minimum absolute atomic E-state index is 0.0210. The van der Waals surface area contributed by atoms with Gasteiger partial charge in [0.2, 0.25) is 0 Å². The second-order valence-electron chi connectivity index (χ2n) is 33.9. The third kappa shape index (κ3) is 27.5. The van der Waals surface area contributed by atoms with Crippen molar-refractivity contribution in [2.45, 2.75) is 244 Å². The van der Waals surface area contributed by atoms with Crippen LogP contribution in [0.4, 0.5) is 0 Å². The zero-order valence-corrected chi connectivity index (χ0v) is 71.3. The first-order valence-electron chi connectivity index (χ1n) is 43.7. The quantitative estimate of drug-likeness (QED) is 0.0147. The molecule has 9 N–H and O–H groups in total. The van der Waals surface area contributed by atoms with Crippen LogP contribution in [0, 0.1) is 71.0 Å². The fourth-order valence-electron chi connectivity index (χ4n) is 20.6. The normalized spacial score (nSPS) is 25.7. The first kappa shape index (κ1) is 96.3. The van der Waals surface area contributed by atoms with E-state index in [-0.39, 0.29) is 130 Å². The fourth-order valence-corrected chi connectivity index (χ4v) is 20.6. The number of rotatable bonds is 41. The van der Waals surface area contributed by atoms with Crippen LogP contribution < -0.4 is 18.9 Å². The summed E-state index contributed by atoms with van der Waals surface area (Å²) in [6, 6.07) is 23.2. The monoisotopic (exact) mass is 1690 g/mol. The summed E-state index contributed by atoms with van der Waals surface area (Å²) in [4.78, 5) is 90.4. The van der Waals surface area contributed by atoms with Gasteiger partial charge in [-0.2, -0.15) is 0 Å². The first-order valence-corrected chi connectivity index (χ1v) is 43.7. The molecule has 0 aromatic heterocycles. The van der Waals surface area contributed by atoms with Crippen molar-refractivity contribution in [1.29, 1.82) is 0 Å². The van der Waals surface area contributed by atoms with Gasteiger partial charge >= 0.3 is 47.8 Å². The molecular weight excluding hydrogens is 1560 g/mol. The van der Waals surface area contributed by atoms with E-state index in [0.717, 1.165) is 169 Å². The maximum atomic E-state index is 11.9. The number of aliphatic hydroxyl groups excluding tert-OH is 5. The van der Waals surface area contributed by atoms with Gasteiger partial charge in [0.15, 0.2) is 26.4 Å². The van der Waals surface area contributed by atoms with Crippen molar-refractivity contribution in [3.63, 3.8) is 0 Å². The molecule has 8 aliphatic carbocycles. The van der Waals surface area contributed by atoms with E-state index in [9.17, 15) is 58.8 Å². The average molecular weight is 1700 g/mol. The summed E-state index contributed by atoms with van der Waals surface area (Å²) in [6.07, 6.45) is 16.5. The minimum atomic E-state index is -1.000. The molecule has 0 amide bonds. The van der Waals surface area contributed by atoms with E-state index in [1.54, 1.807) is 7.11 Å². The Morgan fingerprint density at radius 1 is 0.355 bits per heavy atom. The molecule has 4 aromatic rings. The van der Waals surface area contributed by atoms with Gasteiger partial charge in [-0.05, 0) is 301 Å². The lowest BCUT2D eigenvalue weighted by Crippen LogP contribution is -2.29. The second-order valence-corrected chi connectivity index (χ2v) is 33.9. The summed E-state index contributed by atoms with van der Waals surface area (Å²) in [6.45, 7) is 8.54. The van der Waals surface area contributed by atoms with Crippen LogP contribution in [0.2, 0.25) is 0 Å². The van der Waals surface area contributed by atoms with Crippen molar-refractivity contribution < 1.29 is 136 Å². The summed E-state index contributed by atoms with van der Waals surface area (Å²) in [5.41, 5.74) is 8.99. The van der Waals surface area contributed by atoms with Crippen LogP contribution in [-0.4, -0.2) is 216 Å². The molecule has 0 bridgehead atoms. The number of hydrogen-bond acceptors (Lipinski definition) is 24. The number of aliphatic carboxylic acids is 4. The van der Waals surface area contributed by atoms with E-state index in [1.165, 1.54) is 23.8 Å². The predicted octanol–water partition coefficient (Wildman–Crippen LogP) is 10.6. The highest BCUT2D eigenvalue weighted by atomic mass is 16.6. The van der Waals surface area contributed by atoms with Crippen molar-refractivity contribution in [3.05, 3.63) is 117 Å². The molecule has 0 unspecified atom stereocenters. The van der Waals surface area contributed by atoms with E-state index in [2.05, 4.69) is 24.3 Å². The Morgan fingerprint density at radius 3 is 0.876 bits per heavy atom. The molecule has 28 heteroatoms. The maximum Gasteiger partial charge on any atom is 0.341 e. The van der Waals surface area contributed by atoms with Gasteiger partial charge in [-0.15, -0.1) is 0 Å². The van der Waals surface area contributed by atoms with Gasteiger partial charge in [0.25, 0.3) is 0 Å². The summed E-state index contributed by atoms with van der Waals surface area (Å²) in [5.74, 6) is 0.542. The second kappa shape index (κ2) is 48.0. The third-order valence-corrected chi connectivity index (χ3v) is 26.4. The number of methoxy groups -OCH3 is 2. The van der Waals surface area contributed by atoms with E-state index in [4.69, 9.17) is 77.6 Å². The molecule has 12 rings (SSSR count). The molecule has 121 heavy (non-hydrogen) atoms. The smallest absolute Gasteiger partial charge is 0.341 e. The highest BCUT2D eigenvalue weighted by Gasteiger charge is 2.50. The number of aliphatic hydroxyl groups is 5. The number of carbonyl (C=O) groups is 8. The topological polar surface area (TPSA) is 420 Å². The molecule has 20 atom stereocenters. The van der Waals surface area contributed by atoms with E-state index < -0.39 is 42.6 Å². The Morgan fingerprint density at radius 2 is 0.628 bits per heavy atom. The van der Waals surface area contributed by atoms with Crippen LogP contribution in [0.1, 0.15) is 188 Å². The van der Waals surface area contributed by atoms with Gasteiger partial charge in [-0.1, -0.05) is 76.2 Å². The number of carboxylic acids is 4. The molecule has 4 fully saturated rings. The molecule has 4 saturated carbocycles. The van der Waals surface area contributed by atoms with Crippen molar-refractivity contribution in [3.8, 4) is 23.0 Å². The number of benzene rings is 4. The fraction of sp³-hybridized carbons (Fsp3) is 0.656. The number of hydrogen-bond donors (Lipinski definition) is 9. The zero-order chi connectivity index (χ0) is 87.4. The molecule has 0 spiro atoms. The minimum Gasteiger partial charge on any atom is -0.482 e.